The second-order valence-corrected chi connectivity index (χ2v) is 14.1. The van der Waals surface area contributed by atoms with Gasteiger partial charge in [0.15, 0.2) is 0 Å². The van der Waals surface area contributed by atoms with E-state index < -0.39 is 0 Å². The SMILES string of the molecule is CCNC(=O)OCCOC1CC[C@@]2(C)C(CC[C@H]3[C@@H]4CC[C@H]([C@H](C)CCCC(C)C)[C@@]4(C)CC[C@@H]32)C1. The molecule has 4 rings (SSSR count). The molecule has 4 aliphatic rings. The van der Waals surface area contributed by atoms with E-state index in [-0.39, 0.29) is 6.09 Å². The molecule has 0 bridgehead atoms. The number of hydrogen-bond acceptors (Lipinski definition) is 3. The molecule has 4 fully saturated rings. The van der Waals surface area contributed by atoms with Gasteiger partial charge in [0.2, 0.25) is 0 Å². The van der Waals surface area contributed by atoms with Crippen LogP contribution in [0.5, 0.6) is 0 Å². The Morgan fingerprint density at radius 1 is 0.917 bits per heavy atom. The Morgan fingerprint density at radius 3 is 2.42 bits per heavy atom. The number of hydrogen-bond donors (Lipinski definition) is 1. The highest BCUT2D eigenvalue weighted by molar-refractivity contribution is 5.66. The molecule has 36 heavy (non-hydrogen) atoms. The van der Waals surface area contributed by atoms with E-state index in [2.05, 4.69) is 39.9 Å². The van der Waals surface area contributed by atoms with Crippen LogP contribution >= 0.6 is 0 Å². The van der Waals surface area contributed by atoms with Crippen LogP contribution in [0.4, 0.5) is 4.79 Å². The maximum atomic E-state index is 11.5. The van der Waals surface area contributed by atoms with E-state index in [1.54, 1.807) is 0 Å². The van der Waals surface area contributed by atoms with Crippen LogP contribution < -0.4 is 5.32 Å². The first-order chi connectivity index (χ1) is 17.2. The van der Waals surface area contributed by atoms with Crippen molar-refractivity contribution in [1.82, 2.24) is 5.32 Å². The summed E-state index contributed by atoms with van der Waals surface area (Å²) >= 11 is 0. The number of nitrogens with one attached hydrogen (secondary N) is 1. The van der Waals surface area contributed by atoms with Crippen LogP contribution in [-0.2, 0) is 9.47 Å². The second kappa shape index (κ2) is 12.0. The van der Waals surface area contributed by atoms with Gasteiger partial charge in [-0.1, -0.05) is 53.9 Å². The normalized spacial score (nSPS) is 40.8. The summed E-state index contributed by atoms with van der Waals surface area (Å²) in [5, 5.41) is 2.68. The molecule has 0 aromatic rings. The molecule has 1 N–H and O–H groups in total. The van der Waals surface area contributed by atoms with Crippen LogP contribution in [-0.4, -0.2) is 32.0 Å². The fourth-order valence-corrected chi connectivity index (χ4v) is 9.94. The van der Waals surface area contributed by atoms with Crippen molar-refractivity contribution in [3.05, 3.63) is 0 Å². The van der Waals surface area contributed by atoms with E-state index >= 15 is 0 Å². The quantitative estimate of drug-likeness (QED) is 0.305. The van der Waals surface area contributed by atoms with Crippen LogP contribution in [0.1, 0.15) is 119 Å². The summed E-state index contributed by atoms with van der Waals surface area (Å²) in [6.45, 7) is 16.1. The third-order valence-electron chi connectivity index (χ3n) is 11.8. The fourth-order valence-electron chi connectivity index (χ4n) is 9.94. The smallest absolute Gasteiger partial charge is 0.407 e. The Kier molecular flexibility index (Phi) is 9.38. The first-order valence-electron chi connectivity index (χ1n) is 15.7. The van der Waals surface area contributed by atoms with Gasteiger partial charge in [-0.2, -0.15) is 0 Å². The molecule has 0 heterocycles. The van der Waals surface area contributed by atoms with Gasteiger partial charge in [0.05, 0.1) is 12.7 Å². The summed E-state index contributed by atoms with van der Waals surface area (Å²) in [6.07, 6.45) is 16.7. The highest BCUT2D eigenvalue weighted by Gasteiger charge is 2.60. The predicted molar refractivity (Wildman–Crippen MR) is 148 cm³/mol. The number of alkyl carbamates (subject to hydrolysis) is 1. The molecule has 0 radical (unpaired) electrons. The molecule has 9 atom stereocenters. The zero-order valence-electron chi connectivity index (χ0n) is 24.5. The molecular formula is C32H57NO3. The molecule has 4 aliphatic carbocycles. The molecule has 2 unspecified atom stereocenters. The lowest BCUT2D eigenvalue weighted by molar-refractivity contribution is -0.138. The Bertz CT molecular complexity index is 724. The molecule has 208 valence electrons. The molecule has 0 spiro atoms. The average molecular weight is 504 g/mol. The topological polar surface area (TPSA) is 47.6 Å². The molecule has 4 nitrogen and oxygen atoms in total. The summed E-state index contributed by atoms with van der Waals surface area (Å²) in [7, 11) is 0. The van der Waals surface area contributed by atoms with Crippen molar-refractivity contribution in [2.24, 2.45) is 52.3 Å². The average Bonchev–Trinajstić information content (AvgIpc) is 3.19. The lowest BCUT2D eigenvalue weighted by Crippen LogP contribution is -2.54. The maximum Gasteiger partial charge on any atom is 0.407 e. The highest BCUT2D eigenvalue weighted by Crippen LogP contribution is 2.68. The standard InChI is InChI=1S/C32H57NO3/c1-7-33-30(34)36-20-19-35-25-15-17-31(5)24(21-25)11-12-26-28-14-13-27(23(4)10-8-9-22(2)3)32(28,6)18-16-29(26)31/h22-29H,7-21H2,1-6H3,(H,33,34)/t23-,24?,25?,26+,27-,28+,29+,31+,32-/m1/s1. The number of carbonyl (C=O) groups is 1. The fraction of sp³-hybridized carbons (Fsp3) is 0.969. The minimum Gasteiger partial charge on any atom is -0.447 e. The predicted octanol–water partition coefficient (Wildman–Crippen LogP) is 8.24. The van der Waals surface area contributed by atoms with Crippen LogP contribution in [0.2, 0.25) is 0 Å². The Balaban J connectivity index is 1.31. The van der Waals surface area contributed by atoms with E-state index in [1.807, 2.05) is 6.92 Å². The second-order valence-electron chi connectivity index (χ2n) is 14.1. The van der Waals surface area contributed by atoms with Crippen molar-refractivity contribution in [2.45, 2.75) is 125 Å². The monoisotopic (exact) mass is 503 g/mol. The van der Waals surface area contributed by atoms with Crippen LogP contribution in [0.15, 0.2) is 0 Å². The van der Waals surface area contributed by atoms with Gasteiger partial charge >= 0.3 is 6.09 Å². The molecule has 4 saturated carbocycles. The van der Waals surface area contributed by atoms with Crippen molar-refractivity contribution in [1.29, 1.82) is 0 Å². The van der Waals surface area contributed by atoms with Gasteiger partial charge in [-0.15, -0.1) is 0 Å². The third kappa shape index (κ3) is 5.79. The highest BCUT2D eigenvalue weighted by atomic mass is 16.6. The molecule has 0 aliphatic heterocycles. The van der Waals surface area contributed by atoms with E-state index in [0.29, 0.717) is 36.7 Å². The Morgan fingerprint density at radius 2 is 1.67 bits per heavy atom. The summed E-state index contributed by atoms with van der Waals surface area (Å²) in [4.78, 5) is 11.5. The zero-order chi connectivity index (χ0) is 25.9. The van der Waals surface area contributed by atoms with E-state index in [1.165, 1.54) is 77.0 Å². The first-order valence-corrected chi connectivity index (χ1v) is 15.7. The molecule has 0 aromatic heterocycles. The lowest BCUT2D eigenvalue weighted by atomic mass is 9.44. The molecule has 4 heteroatoms. The van der Waals surface area contributed by atoms with E-state index in [4.69, 9.17) is 9.47 Å². The van der Waals surface area contributed by atoms with E-state index in [0.717, 1.165) is 41.4 Å². The maximum absolute atomic E-state index is 11.5. The van der Waals surface area contributed by atoms with Crippen molar-refractivity contribution >= 4 is 6.09 Å². The van der Waals surface area contributed by atoms with Gasteiger partial charge in [-0.3, -0.25) is 0 Å². The van der Waals surface area contributed by atoms with Crippen molar-refractivity contribution in [3.63, 3.8) is 0 Å². The minimum atomic E-state index is -0.334. The molecule has 0 saturated heterocycles. The summed E-state index contributed by atoms with van der Waals surface area (Å²) in [6, 6.07) is 0. The zero-order valence-corrected chi connectivity index (χ0v) is 24.5. The number of ether oxygens (including phenoxy) is 2. The number of fused-ring (bicyclic) bond motifs is 5. The first kappa shape index (κ1) is 28.2. The number of amides is 1. The van der Waals surface area contributed by atoms with Crippen LogP contribution in [0.3, 0.4) is 0 Å². The van der Waals surface area contributed by atoms with Crippen molar-refractivity contribution in [3.8, 4) is 0 Å². The van der Waals surface area contributed by atoms with Gasteiger partial charge in [-0.25, -0.2) is 4.79 Å². The third-order valence-corrected chi connectivity index (χ3v) is 11.8. The summed E-state index contributed by atoms with van der Waals surface area (Å²) < 4.78 is 11.4. The molecule has 1 amide bonds. The van der Waals surface area contributed by atoms with Gasteiger partial charge in [0.25, 0.3) is 0 Å². The minimum absolute atomic E-state index is 0.334. The van der Waals surface area contributed by atoms with Gasteiger partial charge < -0.3 is 14.8 Å². The summed E-state index contributed by atoms with van der Waals surface area (Å²) in [5.74, 6) is 6.34. The number of rotatable bonds is 10. The van der Waals surface area contributed by atoms with Gasteiger partial charge in [-0.05, 0) is 117 Å². The molecule has 0 aromatic carbocycles. The van der Waals surface area contributed by atoms with Crippen LogP contribution in [0.25, 0.3) is 0 Å². The Labute approximate surface area is 222 Å². The number of carbonyl (C=O) groups excluding carboxylic acids is 1. The van der Waals surface area contributed by atoms with Gasteiger partial charge in [0, 0.05) is 6.54 Å². The molecular weight excluding hydrogens is 446 g/mol. The van der Waals surface area contributed by atoms with Crippen molar-refractivity contribution < 1.29 is 14.3 Å². The Hall–Kier alpha value is -0.770. The summed E-state index contributed by atoms with van der Waals surface area (Å²) in [5.41, 5.74) is 1.09. The van der Waals surface area contributed by atoms with Gasteiger partial charge in [0.1, 0.15) is 6.61 Å². The lowest BCUT2D eigenvalue weighted by Gasteiger charge is -2.61. The van der Waals surface area contributed by atoms with Crippen LogP contribution in [0, 0.1) is 52.3 Å². The van der Waals surface area contributed by atoms with Crippen molar-refractivity contribution in [2.75, 3.05) is 19.8 Å². The van der Waals surface area contributed by atoms with E-state index in [9.17, 15) is 4.79 Å². The largest absolute Gasteiger partial charge is 0.447 e.